The van der Waals surface area contributed by atoms with Gasteiger partial charge in [0.1, 0.15) is 11.6 Å². The maximum atomic E-state index is 13.5. The molecule has 2 aliphatic heterocycles. The van der Waals surface area contributed by atoms with Gasteiger partial charge in [0.15, 0.2) is 0 Å². The van der Waals surface area contributed by atoms with Gasteiger partial charge in [-0.15, -0.1) is 0 Å². The first-order valence-corrected chi connectivity index (χ1v) is 9.81. The Bertz CT molecular complexity index is 936. The maximum absolute atomic E-state index is 13.5. The number of benzene rings is 2. The quantitative estimate of drug-likeness (QED) is 0.826. The van der Waals surface area contributed by atoms with E-state index in [0.717, 1.165) is 19.3 Å². The molecule has 5 nitrogen and oxygen atoms in total. The molecule has 2 saturated heterocycles. The number of carbonyl (C=O) groups excluding carboxylic acids is 2. The van der Waals surface area contributed by atoms with Gasteiger partial charge in [-0.05, 0) is 55.7 Å². The van der Waals surface area contributed by atoms with Crippen molar-refractivity contribution in [3.8, 4) is 0 Å². The van der Waals surface area contributed by atoms with Crippen molar-refractivity contribution in [2.75, 3.05) is 31.5 Å². The Kier molecular flexibility index (Phi) is 5.22. The molecule has 0 radical (unpaired) electrons. The van der Waals surface area contributed by atoms with E-state index in [-0.39, 0.29) is 17.4 Å². The largest absolute Gasteiger partial charge is 0.338 e. The van der Waals surface area contributed by atoms with Crippen LogP contribution in [0.4, 0.5) is 19.3 Å². The molecule has 3 amide bonds. The molecule has 0 saturated carbocycles. The molecule has 0 unspecified atom stereocenters. The molecule has 2 fully saturated rings. The number of amides is 3. The molecule has 0 aliphatic carbocycles. The molecule has 7 heteroatoms. The normalized spacial score (nSPS) is 21.4. The minimum atomic E-state index is -0.427. The van der Waals surface area contributed by atoms with Crippen LogP contribution in [-0.2, 0) is 0 Å². The van der Waals surface area contributed by atoms with E-state index >= 15 is 0 Å². The van der Waals surface area contributed by atoms with E-state index in [9.17, 15) is 18.4 Å². The monoisotopic (exact) mass is 399 g/mol. The van der Waals surface area contributed by atoms with Crippen LogP contribution >= 0.6 is 0 Å². The number of carbonyl (C=O) groups is 2. The Labute approximate surface area is 168 Å². The van der Waals surface area contributed by atoms with Crippen molar-refractivity contribution in [1.29, 1.82) is 0 Å². The molecule has 2 aliphatic rings. The van der Waals surface area contributed by atoms with E-state index in [1.54, 1.807) is 28.0 Å². The first-order chi connectivity index (χ1) is 13.9. The second kappa shape index (κ2) is 7.81. The standard InChI is InChI=1S/C22H23F2N3O2/c23-17-5-1-4-16(12-17)20(28)26-10-3-8-22(14-26)9-11-27(15-22)21(29)25-19-7-2-6-18(24)13-19/h1-2,4-7,12-13H,3,8-11,14-15H2,(H,25,29)/t22-/m1/s1. The molecule has 152 valence electrons. The number of anilines is 1. The van der Waals surface area contributed by atoms with Crippen molar-refractivity contribution in [3.63, 3.8) is 0 Å². The summed E-state index contributed by atoms with van der Waals surface area (Å²) in [7, 11) is 0. The zero-order valence-electron chi connectivity index (χ0n) is 16.0. The molecule has 2 aromatic carbocycles. The highest BCUT2D eigenvalue weighted by molar-refractivity contribution is 5.94. The predicted molar refractivity (Wildman–Crippen MR) is 106 cm³/mol. The van der Waals surface area contributed by atoms with Crippen molar-refractivity contribution >= 4 is 17.6 Å². The fourth-order valence-corrected chi connectivity index (χ4v) is 4.40. The molecule has 1 atom stereocenters. The second-order valence-corrected chi connectivity index (χ2v) is 7.95. The summed E-state index contributed by atoms with van der Waals surface area (Å²) in [4.78, 5) is 28.9. The van der Waals surface area contributed by atoms with Crippen LogP contribution in [0.3, 0.4) is 0 Å². The van der Waals surface area contributed by atoms with E-state index in [0.29, 0.717) is 37.4 Å². The third-order valence-electron chi connectivity index (χ3n) is 5.82. The highest BCUT2D eigenvalue weighted by Crippen LogP contribution is 2.39. The summed E-state index contributed by atoms with van der Waals surface area (Å²) in [5.74, 6) is -1.01. The molecule has 1 N–H and O–H groups in total. The first-order valence-electron chi connectivity index (χ1n) is 9.81. The Morgan fingerprint density at radius 2 is 1.62 bits per heavy atom. The van der Waals surface area contributed by atoms with Crippen molar-refractivity contribution in [1.82, 2.24) is 9.80 Å². The molecule has 2 aromatic rings. The Morgan fingerprint density at radius 3 is 2.38 bits per heavy atom. The Balaban J connectivity index is 1.41. The zero-order valence-corrected chi connectivity index (χ0v) is 16.0. The van der Waals surface area contributed by atoms with Crippen molar-refractivity contribution in [3.05, 3.63) is 65.7 Å². The van der Waals surface area contributed by atoms with Gasteiger partial charge in [0, 0.05) is 42.8 Å². The lowest BCUT2D eigenvalue weighted by atomic mass is 9.79. The van der Waals surface area contributed by atoms with E-state index < -0.39 is 11.6 Å². The smallest absolute Gasteiger partial charge is 0.321 e. The molecular weight excluding hydrogens is 376 g/mol. The fourth-order valence-electron chi connectivity index (χ4n) is 4.40. The summed E-state index contributed by atoms with van der Waals surface area (Å²) >= 11 is 0. The van der Waals surface area contributed by atoms with Crippen molar-refractivity contribution in [2.45, 2.75) is 19.3 Å². The van der Waals surface area contributed by atoms with E-state index in [4.69, 9.17) is 0 Å². The first kappa shape index (κ1) is 19.4. The van der Waals surface area contributed by atoms with Gasteiger partial charge in [-0.2, -0.15) is 0 Å². The third kappa shape index (κ3) is 4.23. The summed E-state index contributed by atoms with van der Waals surface area (Å²) in [5.41, 5.74) is 0.615. The van der Waals surface area contributed by atoms with Crippen LogP contribution in [0, 0.1) is 17.0 Å². The minimum Gasteiger partial charge on any atom is -0.338 e. The van der Waals surface area contributed by atoms with Crippen molar-refractivity contribution < 1.29 is 18.4 Å². The molecular formula is C22H23F2N3O2. The number of hydrogen-bond acceptors (Lipinski definition) is 2. The molecule has 29 heavy (non-hydrogen) atoms. The molecule has 1 spiro atoms. The van der Waals surface area contributed by atoms with Gasteiger partial charge in [-0.1, -0.05) is 12.1 Å². The van der Waals surface area contributed by atoms with Crippen LogP contribution in [0.25, 0.3) is 0 Å². The van der Waals surface area contributed by atoms with Gasteiger partial charge in [-0.3, -0.25) is 4.79 Å². The molecule has 0 bridgehead atoms. The van der Waals surface area contributed by atoms with E-state index in [1.165, 1.54) is 30.3 Å². The van der Waals surface area contributed by atoms with E-state index in [2.05, 4.69) is 5.32 Å². The topological polar surface area (TPSA) is 52.7 Å². The fraction of sp³-hybridized carbons (Fsp3) is 0.364. The summed E-state index contributed by atoms with van der Waals surface area (Å²) in [6.45, 7) is 2.31. The van der Waals surface area contributed by atoms with E-state index in [1.807, 2.05) is 0 Å². The number of hydrogen-bond donors (Lipinski definition) is 1. The number of piperidine rings is 1. The van der Waals surface area contributed by atoms with Crippen LogP contribution < -0.4 is 5.32 Å². The minimum absolute atomic E-state index is 0.152. The van der Waals surface area contributed by atoms with Crippen molar-refractivity contribution in [2.24, 2.45) is 5.41 Å². The summed E-state index contributed by atoms with van der Waals surface area (Å²) < 4.78 is 26.8. The predicted octanol–water partition coefficient (Wildman–Crippen LogP) is 4.13. The van der Waals surface area contributed by atoms with Crippen LogP contribution in [-0.4, -0.2) is 47.9 Å². The highest BCUT2D eigenvalue weighted by Gasteiger charge is 2.44. The summed E-state index contributed by atoms with van der Waals surface area (Å²) in [6, 6.07) is 11.3. The molecule has 4 rings (SSSR count). The molecule has 2 heterocycles. The lowest BCUT2D eigenvalue weighted by Gasteiger charge is -2.40. The van der Waals surface area contributed by atoms with Crippen LogP contribution in [0.2, 0.25) is 0 Å². The highest BCUT2D eigenvalue weighted by atomic mass is 19.1. The number of halogens is 2. The van der Waals surface area contributed by atoms with Crippen LogP contribution in [0.1, 0.15) is 29.6 Å². The maximum Gasteiger partial charge on any atom is 0.321 e. The number of rotatable bonds is 2. The van der Waals surface area contributed by atoms with Gasteiger partial charge in [0.2, 0.25) is 0 Å². The number of nitrogens with one attached hydrogen (secondary N) is 1. The van der Waals surface area contributed by atoms with Crippen LogP contribution in [0.15, 0.2) is 48.5 Å². The average Bonchev–Trinajstić information content (AvgIpc) is 3.11. The Hall–Kier alpha value is -2.96. The lowest BCUT2D eigenvalue weighted by Crippen LogP contribution is -2.48. The van der Waals surface area contributed by atoms with Crippen LogP contribution in [0.5, 0.6) is 0 Å². The average molecular weight is 399 g/mol. The number of nitrogens with zero attached hydrogens (tertiary/aromatic N) is 2. The zero-order chi connectivity index (χ0) is 20.4. The van der Waals surface area contributed by atoms with Gasteiger partial charge >= 0.3 is 6.03 Å². The number of urea groups is 1. The van der Waals surface area contributed by atoms with Gasteiger partial charge in [0.25, 0.3) is 5.91 Å². The van der Waals surface area contributed by atoms with Gasteiger partial charge in [0.05, 0.1) is 0 Å². The SMILES string of the molecule is O=C(Nc1cccc(F)c1)N1CC[C@@]2(CCCN(C(=O)c3cccc(F)c3)C2)C1. The summed E-state index contributed by atoms with van der Waals surface area (Å²) in [6.07, 6.45) is 2.58. The molecule has 0 aromatic heterocycles. The second-order valence-electron chi connectivity index (χ2n) is 7.95. The van der Waals surface area contributed by atoms with Gasteiger partial charge < -0.3 is 15.1 Å². The lowest BCUT2D eigenvalue weighted by molar-refractivity contribution is 0.0537. The third-order valence-corrected chi connectivity index (χ3v) is 5.82. The summed E-state index contributed by atoms with van der Waals surface area (Å²) in [5, 5.41) is 2.74. The number of likely N-dealkylation sites (tertiary alicyclic amines) is 2. The Morgan fingerprint density at radius 1 is 0.897 bits per heavy atom. The van der Waals surface area contributed by atoms with Gasteiger partial charge in [-0.25, -0.2) is 13.6 Å².